The second kappa shape index (κ2) is 8.78. The minimum Gasteiger partial charge on any atom is -0.396 e. The van der Waals surface area contributed by atoms with Crippen LogP contribution < -0.4 is 10.6 Å². The predicted octanol–water partition coefficient (Wildman–Crippen LogP) is 0.186. The Labute approximate surface area is 166 Å². The normalized spacial score (nSPS) is 33.2. The van der Waals surface area contributed by atoms with Gasteiger partial charge in [0.15, 0.2) is 0 Å². The van der Waals surface area contributed by atoms with E-state index in [2.05, 4.69) is 17.6 Å². The van der Waals surface area contributed by atoms with Crippen molar-refractivity contribution < 1.29 is 24.2 Å². The smallest absolute Gasteiger partial charge is 0.245 e. The van der Waals surface area contributed by atoms with Gasteiger partial charge in [0, 0.05) is 26.7 Å². The maximum absolute atomic E-state index is 13.3. The van der Waals surface area contributed by atoms with Crippen LogP contribution in [-0.4, -0.2) is 72.2 Å². The zero-order valence-corrected chi connectivity index (χ0v) is 16.9. The summed E-state index contributed by atoms with van der Waals surface area (Å²) in [6.45, 7) is 3.19. The fourth-order valence-electron chi connectivity index (χ4n) is 5.22. The van der Waals surface area contributed by atoms with Gasteiger partial charge in [0.1, 0.15) is 11.6 Å². The van der Waals surface area contributed by atoms with E-state index < -0.39 is 23.5 Å². The Morgan fingerprint density at radius 2 is 2.04 bits per heavy atom. The molecule has 3 fully saturated rings. The predicted molar refractivity (Wildman–Crippen MR) is 102 cm³/mol. The quantitative estimate of drug-likeness (QED) is 0.458. The molecule has 28 heavy (non-hydrogen) atoms. The molecule has 8 heteroatoms. The highest BCUT2D eigenvalue weighted by atomic mass is 16.5. The second-order valence-corrected chi connectivity index (χ2v) is 8.13. The standard InChI is InChI=1S/C20H33N3O5/c1-3-4-10-22-18(26)16-20-9-8-13(28-20)14(17(25)21-2)15(20)19(27)23(16)11-6-5-7-12-24/h13-16,24H,3-12H2,1-2H3,(H,21,25)(H,22,26)/t13-,14+,15+,16?,20?/m1/s1. The molecule has 0 aliphatic carbocycles. The van der Waals surface area contributed by atoms with Crippen LogP contribution in [0.15, 0.2) is 0 Å². The van der Waals surface area contributed by atoms with Gasteiger partial charge in [-0.05, 0) is 38.5 Å². The number of aliphatic hydroxyl groups excluding tert-OH is 1. The minimum atomic E-state index is -0.897. The van der Waals surface area contributed by atoms with E-state index in [4.69, 9.17) is 9.84 Å². The molecule has 0 aromatic rings. The number of amides is 3. The number of ether oxygens (including phenoxy) is 1. The van der Waals surface area contributed by atoms with Crippen LogP contribution in [0.2, 0.25) is 0 Å². The first-order valence-electron chi connectivity index (χ1n) is 10.6. The first-order valence-corrected chi connectivity index (χ1v) is 10.6. The van der Waals surface area contributed by atoms with Crippen LogP contribution in [0.5, 0.6) is 0 Å². The Balaban J connectivity index is 1.85. The van der Waals surface area contributed by atoms with E-state index in [-0.39, 0.29) is 30.4 Å². The summed E-state index contributed by atoms with van der Waals surface area (Å²) in [5.74, 6) is -1.62. The molecule has 5 atom stereocenters. The lowest BCUT2D eigenvalue weighted by atomic mass is 9.70. The van der Waals surface area contributed by atoms with Crippen molar-refractivity contribution in [2.24, 2.45) is 11.8 Å². The van der Waals surface area contributed by atoms with Crippen LogP contribution in [0.3, 0.4) is 0 Å². The van der Waals surface area contributed by atoms with Gasteiger partial charge in [-0.1, -0.05) is 13.3 Å². The molecule has 2 bridgehead atoms. The molecule has 3 amide bonds. The Bertz CT molecular complexity index is 613. The van der Waals surface area contributed by atoms with E-state index >= 15 is 0 Å². The number of carbonyl (C=O) groups is 3. The van der Waals surface area contributed by atoms with Crippen molar-refractivity contribution in [1.29, 1.82) is 0 Å². The summed E-state index contributed by atoms with van der Waals surface area (Å²) in [5, 5.41) is 14.6. The molecule has 3 rings (SSSR count). The average Bonchev–Trinajstić information content (AvgIpc) is 3.32. The summed E-state index contributed by atoms with van der Waals surface area (Å²) in [7, 11) is 1.57. The number of nitrogens with one attached hydrogen (secondary N) is 2. The van der Waals surface area contributed by atoms with Crippen molar-refractivity contribution in [3.63, 3.8) is 0 Å². The number of hydrogen-bond acceptors (Lipinski definition) is 5. The lowest BCUT2D eigenvalue weighted by Gasteiger charge is -2.33. The van der Waals surface area contributed by atoms with Crippen molar-refractivity contribution in [2.75, 3.05) is 26.7 Å². The summed E-state index contributed by atoms with van der Waals surface area (Å²) in [4.78, 5) is 40.6. The topological polar surface area (TPSA) is 108 Å². The number of rotatable bonds is 10. The van der Waals surface area contributed by atoms with Crippen molar-refractivity contribution in [2.45, 2.75) is 69.6 Å². The molecule has 3 aliphatic rings. The first-order chi connectivity index (χ1) is 13.5. The molecule has 3 aliphatic heterocycles. The monoisotopic (exact) mass is 395 g/mol. The second-order valence-electron chi connectivity index (χ2n) is 8.13. The third kappa shape index (κ3) is 3.41. The summed E-state index contributed by atoms with van der Waals surface area (Å²) >= 11 is 0. The molecule has 0 aromatic carbocycles. The van der Waals surface area contributed by atoms with Gasteiger partial charge >= 0.3 is 0 Å². The number of hydrogen-bond donors (Lipinski definition) is 3. The van der Waals surface area contributed by atoms with Crippen LogP contribution in [-0.2, 0) is 19.1 Å². The molecular formula is C20H33N3O5. The molecule has 2 unspecified atom stereocenters. The zero-order valence-electron chi connectivity index (χ0n) is 16.9. The van der Waals surface area contributed by atoms with Gasteiger partial charge < -0.3 is 25.4 Å². The maximum Gasteiger partial charge on any atom is 0.245 e. The van der Waals surface area contributed by atoms with Gasteiger partial charge in [0.2, 0.25) is 17.7 Å². The number of fused-ring (bicyclic) bond motifs is 1. The van der Waals surface area contributed by atoms with Crippen molar-refractivity contribution in [3.8, 4) is 0 Å². The Morgan fingerprint density at radius 3 is 2.71 bits per heavy atom. The Morgan fingerprint density at radius 1 is 1.25 bits per heavy atom. The molecule has 3 N–H and O–H groups in total. The van der Waals surface area contributed by atoms with Crippen LogP contribution in [0.25, 0.3) is 0 Å². The van der Waals surface area contributed by atoms with Gasteiger partial charge in [-0.25, -0.2) is 0 Å². The van der Waals surface area contributed by atoms with E-state index in [0.29, 0.717) is 38.8 Å². The Hall–Kier alpha value is -1.67. The number of aliphatic hydroxyl groups is 1. The maximum atomic E-state index is 13.3. The number of likely N-dealkylation sites (tertiary alicyclic amines) is 1. The molecule has 0 saturated carbocycles. The number of carbonyl (C=O) groups excluding carboxylic acids is 3. The van der Waals surface area contributed by atoms with Crippen LogP contribution in [0, 0.1) is 11.8 Å². The van der Waals surface area contributed by atoms with Crippen LogP contribution in [0.4, 0.5) is 0 Å². The fraction of sp³-hybridized carbons (Fsp3) is 0.850. The average molecular weight is 396 g/mol. The molecular weight excluding hydrogens is 362 g/mol. The SMILES string of the molecule is CCCCNC(=O)C1N(CCCCCO)C(=O)[C@@H]2[C@@H](C(=O)NC)[C@H]3CCC12O3. The van der Waals surface area contributed by atoms with E-state index in [9.17, 15) is 14.4 Å². The third-order valence-electron chi connectivity index (χ3n) is 6.48. The summed E-state index contributed by atoms with van der Waals surface area (Å²) in [6.07, 6.45) is 5.04. The van der Waals surface area contributed by atoms with Crippen molar-refractivity contribution in [3.05, 3.63) is 0 Å². The van der Waals surface area contributed by atoms with Gasteiger partial charge in [-0.15, -0.1) is 0 Å². The zero-order chi connectivity index (χ0) is 20.3. The lowest BCUT2D eigenvalue weighted by Crippen LogP contribution is -2.55. The summed E-state index contributed by atoms with van der Waals surface area (Å²) in [5.41, 5.74) is -0.897. The molecule has 158 valence electrons. The van der Waals surface area contributed by atoms with Gasteiger partial charge in [0.25, 0.3) is 0 Å². The molecule has 0 aromatic heterocycles. The van der Waals surface area contributed by atoms with Gasteiger partial charge in [0.05, 0.1) is 17.9 Å². The van der Waals surface area contributed by atoms with Gasteiger partial charge in [-0.3, -0.25) is 14.4 Å². The van der Waals surface area contributed by atoms with E-state index in [1.807, 2.05) is 0 Å². The molecule has 3 saturated heterocycles. The highest BCUT2D eigenvalue weighted by Gasteiger charge is 2.74. The number of unbranched alkanes of at least 4 members (excludes halogenated alkanes) is 3. The molecule has 0 radical (unpaired) electrons. The largest absolute Gasteiger partial charge is 0.396 e. The number of nitrogens with zero attached hydrogens (tertiary/aromatic N) is 1. The lowest BCUT2D eigenvalue weighted by molar-refractivity contribution is -0.142. The molecule has 1 spiro atoms. The van der Waals surface area contributed by atoms with E-state index in [0.717, 1.165) is 19.3 Å². The van der Waals surface area contributed by atoms with Crippen LogP contribution in [0.1, 0.15) is 51.9 Å². The fourth-order valence-corrected chi connectivity index (χ4v) is 5.22. The first kappa shape index (κ1) is 21.0. The molecule has 3 heterocycles. The van der Waals surface area contributed by atoms with Crippen LogP contribution >= 0.6 is 0 Å². The Kier molecular flexibility index (Phi) is 6.60. The van der Waals surface area contributed by atoms with E-state index in [1.54, 1.807) is 11.9 Å². The highest BCUT2D eigenvalue weighted by Crippen LogP contribution is 2.58. The van der Waals surface area contributed by atoms with Gasteiger partial charge in [-0.2, -0.15) is 0 Å². The van der Waals surface area contributed by atoms with Crippen molar-refractivity contribution in [1.82, 2.24) is 15.5 Å². The molecule has 8 nitrogen and oxygen atoms in total. The third-order valence-corrected chi connectivity index (χ3v) is 6.48. The van der Waals surface area contributed by atoms with E-state index in [1.165, 1.54) is 0 Å². The summed E-state index contributed by atoms with van der Waals surface area (Å²) < 4.78 is 6.26. The highest BCUT2D eigenvalue weighted by molar-refractivity contribution is 5.98. The van der Waals surface area contributed by atoms with Crippen molar-refractivity contribution >= 4 is 17.7 Å². The summed E-state index contributed by atoms with van der Waals surface area (Å²) in [6, 6.07) is -0.685. The minimum absolute atomic E-state index is 0.116.